The average molecular weight is 582 g/mol. The third kappa shape index (κ3) is 6.49. The van der Waals surface area contributed by atoms with E-state index >= 15 is 0 Å². The van der Waals surface area contributed by atoms with Gasteiger partial charge in [0.1, 0.15) is 12.4 Å². The first-order chi connectivity index (χ1) is 18.2. The van der Waals surface area contributed by atoms with E-state index in [4.69, 9.17) is 19.4 Å². The van der Waals surface area contributed by atoms with Crippen molar-refractivity contribution < 1.29 is 19.2 Å². The Balaban J connectivity index is 1.63. The maximum absolute atomic E-state index is 10.7. The topological polar surface area (TPSA) is 107 Å². The fourth-order valence-corrected chi connectivity index (χ4v) is 5.02. The molecule has 0 bridgehead atoms. The Bertz CT molecular complexity index is 1390. The van der Waals surface area contributed by atoms with Crippen molar-refractivity contribution in [1.29, 1.82) is 0 Å². The molecule has 1 N–H and O–H groups in total. The molecule has 3 heterocycles. The van der Waals surface area contributed by atoms with Gasteiger partial charge >= 0.3 is 5.97 Å². The highest BCUT2D eigenvalue weighted by Gasteiger charge is 2.19. The minimum absolute atomic E-state index is 0.262. The average Bonchev–Trinajstić information content (AvgIpc) is 3.46. The molecule has 0 fully saturated rings. The molecule has 0 radical (unpaired) electrons. The molecule has 200 valence electrons. The molecule has 0 aliphatic heterocycles. The molecule has 1 aromatic carbocycles. The minimum Gasteiger partial charge on any atom is -0.480 e. The predicted octanol–water partition coefficient (Wildman–Crippen LogP) is 6.33. The van der Waals surface area contributed by atoms with Gasteiger partial charge in [0, 0.05) is 46.8 Å². The highest BCUT2D eigenvalue weighted by Crippen LogP contribution is 2.36. The first-order valence-electron chi connectivity index (χ1n) is 12.5. The Morgan fingerprint density at radius 2 is 1.92 bits per heavy atom. The molecule has 0 saturated carbocycles. The van der Waals surface area contributed by atoms with Crippen LogP contribution in [-0.2, 0) is 9.53 Å². The summed E-state index contributed by atoms with van der Waals surface area (Å²) in [5.74, 6) is -0.188. The standard InChI is InChI=1S/C28H32BrN5O4/c1-18-15-33(17-31-18)25-9-8-23(13-24(25)29)34(10-6-5-7-11-37-16-27(35)36)26-12-22(14-30-19(26)2)28-20(3)32-38-21(28)4/h8-9,12-15,17H,5-7,10-11,16H2,1-4H3,(H,35,36). The fraction of sp³-hybridized carbons (Fsp3) is 0.357. The van der Waals surface area contributed by atoms with Crippen molar-refractivity contribution in [3.05, 3.63) is 70.3 Å². The van der Waals surface area contributed by atoms with Crippen molar-refractivity contribution in [2.75, 3.05) is 24.7 Å². The summed E-state index contributed by atoms with van der Waals surface area (Å²) in [6, 6.07) is 8.44. The molecule has 0 aliphatic rings. The molecule has 9 nitrogen and oxygen atoms in total. The number of carboxylic acids is 1. The molecule has 10 heteroatoms. The summed E-state index contributed by atoms with van der Waals surface area (Å²) in [4.78, 5) is 22.0. The van der Waals surface area contributed by atoms with Gasteiger partial charge in [-0.1, -0.05) is 5.16 Å². The molecule has 0 unspecified atom stereocenters. The third-order valence-corrected chi connectivity index (χ3v) is 6.94. The van der Waals surface area contributed by atoms with Crippen LogP contribution < -0.4 is 4.90 Å². The molecule has 0 atom stereocenters. The van der Waals surface area contributed by atoms with E-state index in [1.807, 2.05) is 44.7 Å². The number of aryl methyl sites for hydroxylation is 4. The lowest BCUT2D eigenvalue weighted by Gasteiger charge is -2.27. The van der Waals surface area contributed by atoms with E-state index in [0.29, 0.717) is 6.61 Å². The molecule has 0 amide bonds. The summed E-state index contributed by atoms with van der Waals surface area (Å²) in [6.45, 7) is 8.74. The second-order valence-corrected chi connectivity index (χ2v) is 10.1. The van der Waals surface area contributed by atoms with Crippen LogP contribution >= 0.6 is 15.9 Å². The van der Waals surface area contributed by atoms with Crippen LogP contribution in [0.2, 0.25) is 0 Å². The van der Waals surface area contributed by atoms with Crippen LogP contribution in [0.1, 0.15) is 42.1 Å². The summed E-state index contributed by atoms with van der Waals surface area (Å²) in [6.07, 6.45) is 8.25. The zero-order valence-corrected chi connectivity index (χ0v) is 23.7. The smallest absolute Gasteiger partial charge is 0.329 e. The van der Waals surface area contributed by atoms with E-state index in [1.165, 1.54) is 0 Å². The number of pyridine rings is 1. The Morgan fingerprint density at radius 3 is 2.58 bits per heavy atom. The number of anilines is 2. The van der Waals surface area contributed by atoms with Gasteiger partial charge in [0.25, 0.3) is 0 Å². The van der Waals surface area contributed by atoms with E-state index in [0.717, 1.165) is 81.3 Å². The summed E-state index contributed by atoms with van der Waals surface area (Å²) in [5.41, 5.74) is 7.64. The molecule has 4 aromatic rings. The molecular formula is C28H32BrN5O4. The van der Waals surface area contributed by atoms with Crippen molar-refractivity contribution in [2.24, 2.45) is 0 Å². The SMILES string of the molecule is Cc1cn(-c2ccc(N(CCCCCOCC(=O)O)c3cc(-c4c(C)noc4C)cnc3C)cc2Br)cn1. The Hall–Kier alpha value is -3.50. The van der Waals surface area contributed by atoms with Gasteiger partial charge in [0.15, 0.2) is 0 Å². The number of benzene rings is 1. The van der Waals surface area contributed by atoms with E-state index in [1.54, 1.807) is 6.33 Å². The van der Waals surface area contributed by atoms with Gasteiger partial charge in [-0.15, -0.1) is 0 Å². The third-order valence-electron chi connectivity index (χ3n) is 6.30. The number of hydrogen-bond donors (Lipinski definition) is 1. The molecule has 4 rings (SSSR count). The number of carboxylic acid groups (broad SMARTS) is 1. The van der Waals surface area contributed by atoms with Crippen LogP contribution in [0.4, 0.5) is 11.4 Å². The maximum Gasteiger partial charge on any atom is 0.329 e. The van der Waals surface area contributed by atoms with Crippen molar-refractivity contribution in [3.8, 4) is 16.8 Å². The Labute approximate surface area is 230 Å². The van der Waals surface area contributed by atoms with Crippen LogP contribution in [0.25, 0.3) is 16.8 Å². The lowest BCUT2D eigenvalue weighted by molar-refractivity contribution is -0.142. The lowest BCUT2D eigenvalue weighted by Crippen LogP contribution is -2.20. The zero-order valence-electron chi connectivity index (χ0n) is 22.1. The van der Waals surface area contributed by atoms with Gasteiger partial charge in [-0.25, -0.2) is 9.78 Å². The van der Waals surface area contributed by atoms with Gasteiger partial charge in [-0.05, 0) is 87.2 Å². The van der Waals surface area contributed by atoms with Crippen LogP contribution in [0.15, 0.2) is 52.0 Å². The first-order valence-corrected chi connectivity index (χ1v) is 13.3. The second-order valence-electron chi connectivity index (χ2n) is 9.24. The number of carbonyl (C=O) groups is 1. The second kappa shape index (κ2) is 12.4. The van der Waals surface area contributed by atoms with Gasteiger partial charge in [0.2, 0.25) is 0 Å². The largest absolute Gasteiger partial charge is 0.480 e. The lowest BCUT2D eigenvalue weighted by atomic mass is 10.0. The summed E-state index contributed by atoms with van der Waals surface area (Å²) in [5, 5.41) is 12.9. The van der Waals surface area contributed by atoms with Crippen molar-refractivity contribution in [2.45, 2.75) is 47.0 Å². The number of halogens is 1. The summed E-state index contributed by atoms with van der Waals surface area (Å²) >= 11 is 3.76. The van der Waals surface area contributed by atoms with E-state index < -0.39 is 5.97 Å². The molecule has 3 aromatic heterocycles. The number of rotatable bonds is 12. The number of ether oxygens (including phenoxy) is 1. The van der Waals surface area contributed by atoms with E-state index in [2.05, 4.69) is 55.2 Å². The number of aliphatic carboxylic acids is 1. The van der Waals surface area contributed by atoms with Crippen molar-refractivity contribution in [3.63, 3.8) is 0 Å². The fourth-order valence-electron chi connectivity index (χ4n) is 4.45. The summed E-state index contributed by atoms with van der Waals surface area (Å²) in [7, 11) is 0. The Kier molecular flexibility index (Phi) is 8.96. The van der Waals surface area contributed by atoms with Crippen LogP contribution in [0.5, 0.6) is 0 Å². The van der Waals surface area contributed by atoms with Gasteiger partial charge in [-0.3, -0.25) is 4.98 Å². The van der Waals surface area contributed by atoms with Gasteiger partial charge in [0.05, 0.1) is 34.8 Å². The van der Waals surface area contributed by atoms with Crippen LogP contribution in [0.3, 0.4) is 0 Å². The van der Waals surface area contributed by atoms with Crippen molar-refractivity contribution >= 4 is 33.3 Å². The highest BCUT2D eigenvalue weighted by molar-refractivity contribution is 9.10. The van der Waals surface area contributed by atoms with Crippen LogP contribution in [0, 0.1) is 27.7 Å². The predicted molar refractivity (Wildman–Crippen MR) is 149 cm³/mol. The number of imidazole rings is 1. The first kappa shape index (κ1) is 27.5. The highest BCUT2D eigenvalue weighted by atomic mass is 79.9. The maximum atomic E-state index is 10.7. The molecule has 0 aliphatic carbocycles. The summed E-state index contributed by atoms with van der Waals surface area (Å²) < 4.78 is 13.5. The molecular weight excluding hydrogens is 550 g/mol. The van der Waals surface area contributed by atoms with E-state index in [9.17, 15) is 4.79 Å². The minimum atomic E-state index is -0.947. The van der Waals surface area contributed by atoms with Crippen molar-refractivity contribution in [1.82, 2.24) is 19.7 Å². The van der Waals surface area contributed by atoms with Crippen LogP contribution in [-0.4, -0.2) is 50.5 Å². The quantitative estimate of drug-likeness (QED) is 0.193. The monoisotopic (exact) mass is 581 g/mol. The van der Waals surface area contributed by atoms with Gasteiger partial charge < -0.3 is 23.8 Å². The molecule has 0 saturated heterocycles. The Morgan fingerprint density at radius 1 is 1.11 bits per heavy atom. The number of nitrogens with zero attached hydrogens (tertiary/aromatic N) is 5. The normalized spacial score (nSPS) is 11.2. The number of aromatic nitrogens is 4. The zero-order chi connectivity index (χ0) is 27.2. The molecule has 0 spiro atoms. The number of hydrogen-bond acceptors (Lipinski definition) is 7. The number of unbranched alkanes of at least 4 members (excludes halogenated alkanes) is 2. The van der Waals surface area contributed by atoms with Gasteiger partial charge in [-0.2, -0.15) is 0 Å². The van der Waals surface area contributed by atoms with E-state index in [-0.39, 0.29) is 6.61 Å². The molecule has 38 heavy (non-hydrogen) atoms.